The van der Waals surface area contributed by atoms with E-state index in [9.17, 15) is 0 Å². The summed E-state index contributed by atoms with van der Waals surface area (Å²) in [6, 6.07) is 15.2. The first-order chi connectivity index (χ1) is 10.7. The lowest BCUT2D eigenvalue weighted by Crippen LogP contribution is -1.91. The van der Waals surface area contributed by atoms with Crippen LogP contribution in [-0.2, 0) is 0 Å². The van der Waals surface area contributed by atoms with Gasteiger partial charge in [-0.1, -0.05) is 52.0 Å². The Balaban J connectivity index is 0.000000333. The van der Waals surface area contributed by atoms with Crippen LogP contribution in [0.25, 0.3) is 11.0 Å². The van der Waals surface area contributed by atoms with Crippen LogP contribution in [0.3, 0.4) is 0 Å². The van der Waals surface area contributed by atoms with Gasteiger partial charge in [-0.2, -0.15) is 0 Å². The van der Waals surface area contributed by atoms with Gasteiger partial charge in [0.05, 0.1) is 22.4 Å². The molecule has 5 heteroatoms. The number of anilines is 2. The van der Waals surface area contributed by atoms with Gasteiger partial charge in [-0.15, -0.1) is 0 Å². The summed E-state index contributed by atoms with van der Waals surface area (Å²) in [4.78, 5) is 6.04. The fourth-order valence-corrected chi connectivity index (χ4v) is 1.71. The van der Waals surface area contributed by atoms with E-state index < -0.39 is 0 Å². The van der Waals surface area contributed by atoms with Gasteiger partial charge in [0.2, 0.25) is 0 Å². The van der Waals surface area contributed by atoms with Crippen molar-refractivity contribution < 1.29 is 0 Å². The summed E-state index contributed by atoms with van der Waals surface area (Å²) < 4.78 is 0.682. The van der Waals surface area contributed by atoms with E-state index >= 15 is 0 Å². The molecule has 0 unspecified atom stereocenters. The molecule has 0 aliphatic heterocycles. The number of rotatable bonds is 0. The van der Waals surface area contributed by atoms with E-state index in [4.69, 9.17) is 23.7 Å². The second-order valence-corrected chi connectivity index (χ2v) is 4.16. The molecule has 0 saturated heterocycles. The van der Waals surface area contributed by atoms with Crippen molar-refractivity contribution in [3.05, 3.63) is 53.3 Å². The number of nitrogens with one attached hydrogen (secondary N) is 2. The zero-order chi connectivity index (χ0) is 17.0. The monoisotopic (exact) mass is 318 g/mol. The van der Waals surface area contributed by atoms with Crippen molar-refractivity contribution in [2.75, 3.05) is 11.5 Å². The van der Waals surface area contributed by atoms with Crippen molar-refractivity contribution in [1.29, 1.82) is 0 Å². The number of hydrogen-bond donors (Lipinski definition) is 4. The van der Waals surface area contributed by atoms with Gasteiger partial charge in [-0.05, 0) is 36.5 Å². The van der Waals surface area contributed by atoms with Gasteiger partial charge in [0.1, 0.15) is 0 Å². The molecule has 3 rings (SSSR count). The Labute approximate surface area is 137 Å². The molecule has 22 heavy (non-hydrogen) atoms. The molecular weight excluding hydrogens is 292 g/mol. The Morgan fingerprint density at radius 3 is 1.32 bits per heavy atom. The highest BCUT2D eigenvalue weighted by Gasteiger charge is 1.90. The maximum atomic E-state index is 5.39. The van der Waals surface area contributed by atoms with Crippen molar-refractivity contribution in [3.8, 4) is 0 Å². The lowest BCUT2D eigenvalue weighted by Gasteiger charge is -1.94. The molecule has 0 radical (unpaired) electrons. The Morgan fingerprint density at radius 1 is 0.682 bits per heavy atom. The third-order valence-corrected chi connectivity index (χ3v) is 2.62. The molecule has 120 valence electrons. The average Bonchev–Trinajstić information content (AvgIpc) is 2.95. The van der Waals surface area contributed by atoms with Crippen molar-refractivity contribution in [3.63, 3.8) is 0 Å². The quantitative estimate of drug-likeness (QED) is 0.342. The van der Waals surface area contributed by atoms with Gasteiger partial charge in [0.15, 0.2) is 4.77 Å². The lowest BCUT2D eigenvalue weighted by molar-refractivity contribution is 1.30. The zero-order valence-electron chi connectivity index (χ0n) is 13.7. The molecule has 6 N–H and O–H groups in total. The Hall–Kier alpha value is -2.27. The van der Waals surface area contributed by atoms with Crippen LogP contribution < -0.4 is 11.5 Å². The number of imidazole rings is 1. The number of aromatic nitrogens is 2. The Morgan fingerprint density at radius 2 is 1.00 bits per heavy atom. The van der Waals surface area contributed by atoms with Crippen LogP contribution in [0.1, 0.15) is 27.7 Å². The molecule has 0 spiro atoms. The molecular formula is C17H26N4S. The topological polar surface area (TPSA) is 83.6 Å². The van der Waals surface area contributed by atoms with Crippen molar-refractivity contribution in [1.82, 2.24) is 9.97 Å². The maximum Gasteiger partial charge on any atom is 0.175 e. The van der Waals surface area contributed by atoms with E-state index in [1.807, 2.05) is 64.1 Å². The number of benzene rings is 2. The molecule has 2 aromatic carbocycles. The van der Waals surface area contributed by atoms with Crippen LogP contribution in [0.15, 0.2) is 48.5 Å². The zero-order valence-corrected chi connectivity index (χ0v) is 14.5. The summed E-state index contributed by atoms with van der Waals surface area (Å²) in [6.45, 7) is 8.00. The first-order valence-electron chi connectivity index (χ1n) is 7.44. The highest BCUT2D eigenvalue weighted by Crippen LogP contribution is 2.10. The number of para-hydroxylation sites is 4. The van der Waals surface area contributed by atoms with Crippen molar-refractivity contribution >= 4 is 34.6 Å². The van der Waals surface area contributed by atoms with Crippen molar-refractivity contribution in [2.45, 2.75) is 27.7 Å². The normalized spacial score (nSPS) is 8.55. The molecule has 4 nitrogen and oxygen atoms in total. The van der Waals surface area contributed by atoms with E-state index in [2.05, 4.69) is 9.97 Å². The largest absolute Gasteiger partial charge is 0.397 e. The molecule has 3 aromatic rings. The minimum absolute atomic E-state index is 0.646. The van der Waals surface area contributed by atoms with Gasteiger partial charge < -0.3 is 21.4 Å². The maximum absolute atomic E-state index is 5.39. The fourth-order valence-electron chi connectivity index (χ4n) is 1.49. The van der Waals surface area contributed by atoms with Crippen molar-refractivity contribution in [2.24, 2.45) is 0 Å². The number of fused-ring (bicyclic) bond motifs is 1. The molecule has 0 aliphatic carbocycles. The summed E-state index contributed by atoms with van der Waals surface area (Å²) in [5.41, 5.74) is 14.2. The molecule has 0 amide bonds. The van der Waals surface area contributed by atoms with Crippen LogP contribution in [-0.4, -0.2) is 9.97 Å². The fraction of sp³-hybridized carbons (Fsp3) is 0.235. The van der Waals surface area contributed by atoms with E-state index in [1.165, 1.54) is 0 Å². The number of nitrogens with two attached hydrogens (primary N) is 2. The van der Waals surface area contributed by atoms with Crippen LogP contribution in [0, 0.1) is 4.77 Å². The first kappa shape index (κ1) is 19.7. The van der Waals surface area contributed by atoms with Crippen LogP contribution in [0.4, 0.5) is 11.4 Å². The smallest absolute Gasteiger partial charge is 0.175 e. The van der Waals surface area contributed by atoms with Gasteiger partial charge >= 0.3 is 0 Å². The molecule has 0 saturated carbocycles. The SMILES string of the molecule is CC.CC.Nc1ccccc1N.S=c1[nH]c2ccccc2[nH]1. The number of hydrogen-bond acceptors (Lipinski definition) is 3. The number of H-pyrrole nitrogens is 2. The lowest BCUT2D eigenvalue weighted by atomic mass is 10.3. The number of nitrogen functional groups attached to an aromatic ring is 2. The van der Waals surface area contributed by atoms with Gasteiger partial charge in [-0.3, -0.25) is 0 Å². The average molecular weight is 318 g/mol. The molecule has 0 bridgehead atoms. The third-order valence-electron chi connectivity index (χ3n) is 2.42. The predicted molar refractivity (Wildman–Crippen MR) is 101 cm³/mol. The Bertz CT molecular complexity index is 644. The molecule has 0 atom stereocenters. The minimum Gasteiger partial charge on any atom is -0.397 e. The third kappa shape index (κ3) is 6.45. The second-order valence-electron chi connectivity index (χ2n) is 3.75. The molecule has 0 aliphatic rings. The standard InChI is InChI=1S/C7H6N2S.C6H8N2.2C2H6/c10-7-8-5-3-1-2-4-6(5)9-7;7-5-3-1-2-4-6(5)8;2*1-2/h1-4H,(H2,8,9,10);1-4H,7-8H2;2*1-2H3. The summed E-state index contributed by atoms with van der Waals surface area (Å²) >= 11 is 4.90. The van der Waals surface area contributed by atoms with E-state index in [-0.39, 0.29) is 0 Å². The highest BCUT2D eigenvalue weighted by atomic mass is 32.1. The summed E-state index contributed by atoms with van der Waals surface area (Å²) in [5, 5.41) is 0. The summed E-state index contributed by atoms with van der Waals surface area (Å²) in [5.74, 6) is 0. The van der Waals surface area contributed by atoms with Crippen LogP contribution in [0.2, 0.25) is 0 Å². The van der Waals surface area contributed by atoms with Gasteiger partial charge in [0, 0.05) is 0 Å². The highest BCUT2D eigenvalue weighted by molar-refractivity contribution is 7.71. The van der Waals surface area contributed by atoms with E-state index in [1.54, 1.807) is 12.1 Å². The van der Waals surface area contributed by atoms with Gasteiger partial charge in [-0.25, -0.2) is 0 Å². The number of aromatic amines is 2. The molecule has 0 fully saturated rings. The predicted octanol–water partition coefficient (Wildman–Crippen LogP) is 5.13. The summed E-state index contributed by atoms with van der Waals surface area (Å²) in [7, 11) is 0. The van der Waals surface area contributed by atoms with Crippen LogP contribution in [0.5, 0.6) is 0 Å². The van der Waals surface area contributed by atoms with E-state index in [0.29, 0.717) is 16.1 Å². The second kappa shape index (κ2) is 11.4. The van der Waals surface area contributed by atoms with E-state index in [0.717, 1.165) is 11.0 Å². The van der Waals surface area contributed by atoms with Crippen LogP contribution >= 0.6 is 12.2 Å². The minimum atomic E-state index is 0.646. The summed E-state index contributed by atoms with van der Waals surface area (Å²) in [6.07, 6.45) is 0. The Kier molecular flexibility index (Phi) is 10.2. The molecule has 1 heterocycles. The first-order valence-corrected chi connectivity index (χ1v) is 7.84. The van der Waals surface area contributed by atoms with Gasteiger partial charge in [0.25, 0.3) is 0 Å². The molecule has 1 aromatic heterocycles.